The van der Waals surface area contributed by atoms with E-state index >= 15 is 0 Å². The number of rotatable bonds is 19. The molecule has 8 nitrogen and oxygen atoms in total. The fourth-order valence-corrected chi connectivity index (χ4v) is 6.42. The second-order valence-corrected chi connectivity index (χ2v) is 13.2. The summed E-state index contributed by atoms with van der Waals surface area (Å²) in [5, 5.41) is 11.7. The highest BCUT2D eigenvalue weighted by Gasteiger charge is 2.45. The number of carbonyl (C=O) groups is 3. The van der Waals surface area contributed by atoms with Crippen LogP contribution in [0.25, 0.3) is 0 Å². The van der Waals surface area contributed by atoms with E-state index in [2.05, 4.69) is 32.2 Å². The third-order valence-corrected chi connectivity index (χ3v) is 9.19. The summed E-state index contributed by atoms with van der Waals surface area (Å²) in [6.07, 6.45) is 18.0. The Morgan fingerprint density at radius 2 is 1.57 bits per heavy atom. The Kier molecular flexibility index (Phi) is 15.7. The molecule has 0 saturated carbocycles. The van der Waals surface area contributed by atoms with Crippen LogP contribution in [0.2, 0.25) is 0 Å². The average molecular weight is 653 g/mol. The zero-order valence-corrected chi connectivity index (χ0v) is 29.0. The van der Waals surface area contributed by atoms with Crippen LogP contribution in [-0.2, 0) is 30.2 Å². The van der Waals surface area contributed by atoms with Gasteiger partial charge in [-0.2, -0.15) is 0 Å². The molecule has 260 valence electrons. The predicted molar refractivity (Wildman–Crippen MR) is 183 cm³/mol. The summed E-state index contributed by atoms with van der Waals surface area (Å²) >= 11 is 0. The molecule has 4 bridgehead atoms. The highest BCUT2D eigenvalue weighted by atomic mass is 16.6. The number of methoxy groups -OCH3 is 1. The number of allylic oxidation sites excluding steroid dienone is 2. The smallest absolute Gasteiger partial charge is 0.341 e. The first-order valence-electron chi connectivity index (χ1n) is 17.6. The van der Waals surface area contributed by atoms with Crippen molar-refractivity contribution in [1.82, 2.24) is 0 Å². The van der Waals surface area contributed by atoms with Crippen LogP contribution in [0.5, 0.6) is 0 Å². The molecule has 0 radical (unpaired) electrons. The minimum atomic E-state index is -1.34. The number of hydrogen-bond acceptors (Lipinski definition) is 8. The maximum atomic E-state index is 13.2. The number of esters is 3. The summed E-state index contributed by atoms with van der Waals surface area (Å²) in [5.74, 6) is -2.38. The highest BCUT2D eigenvalue weighted by Crippen LogP contribution is 2.40. The average Bonchev–Trinajstić information content (AvgIpc) is 3.61. The first-order chi connectivity index (χ1) is 22.6. The second kappa shape index (κ2) is 19.4. The molecule has 0 aliphatic carbocycles. The van der Waals surface area contributed by atoms with Gasteiger partial charge in [0.1, 0.15) is 29.3 Å². The second-order valence-electron chi connectivity index (χ2n) is 13.2. The first-order valence-corrected chi connectivity index (χ1v) is 17.6. The number of aliphatic hydroxyl groups excluding tert-OH is 1. The van der Waals surface area contributed by atoms with E-state index in [1.54, 1.807) is 26.0 Å². The van der Waals surface area contributed by atoms with E-state index in [4.69, 9.17) is 18.6 Å². The van der Waals surface area contributed by atoms with Crippen LogP contribution in [0.15, 0.2) is 58.6 Å². The fraction of sp³-hybridized carbons (Fsp3) is 0.615. The van der Waals surface area contributed by atoms with Crippen molar-refractivity contribution in [2.45, 2.75) is 141 Å². The number of furan rings is 1. The molecule has 0 saturated heterocycles. The normalized spacial score (nSPS) is 22.4. The summed E-state index contributed by atoms with van der Waals surface area (Å²) in [7, 11) is 1.28. The van der Waals surface area contributed by atoms with Crippen molar-refractivity contribution in [2.75, 3.05) is 7.11 Å². The predicted octanol–water partition coefficient (Wildman–Crippen LogP) is 8.64. The highest BCUT2D eigenvalue weighted by molar-refractivity contribution is 5.93. The third-order valence-electron chi connectivity index (χ3n) is 9.19. The molecule has 5 atom stereocenters. The lowest BCUT2D eigenvalue weighted by Crippen LogP contribution is -2.41. The van der Waals surface area contributed by atoms with Gasteiger partial charge in [0.2, 0.25) is 0 Å². The molecule has 0 aromatic carbocycles. The molecule has 2 aliphatic rings. The summed E-state index contributed by atoms with van der Waals surface area (Å²) in [6.45, 7) is 13.9. The zero-order chi connectivity index (χ0) is 34.3. The largest absolute Gasteiger partial charge is 0.465 e. The van der Waals surface area contributed by atoms with E-state index in [-0.39, 0.29) is 24.0 Å². The van der Waals surface area contributed by atoms with Crippen LogP contribution in [0, 0.1) is 5.92 Å². The molecular formula is C39H56O8. The third kappa shape index (κ3) is 11.1. The molecule has 8 heteroatoms. The molecule has 0 amide bonds. The number of unbranched alkanes of at least 4 members (excludes halogenated alkanes) is 11. The van der Waals surface area contributed by atoms with E-state index in [0.29, 0.717) is 29.1 Å². The van der Waals surface area contributed by atoms with Gasteiger partial charge in [-0.15, -0.1) is 0 Å². The van der Waals surface area contributed by atoms with Crippen molar-refractivity contribution in [1.29, 1.82) is 0 Å². The number of aliphatic hydroxyl groups is 1. The number of carbonyl (C=O) groups excluding carboxylic acids is 3. The number of hydrogen-bond donors (Lipinski definition) is 1. The summed E-state index contributed by atoms with van der Waals surface area (Å²) in [4.78, 5) is 39.0. The van der Waals surface area contributed by atoms with E-state index in [1.165, 1.54) is 52.1 Å². The molecule has 1 N–H and O–H groups in total. The quantitative estimate of drug-likeness (QED) is 0.0684. The fourth-order valence-electron chi connectivity index (χ4n) is 6.42. The van der Waals surface area contributed by atoms with Crippen molar-refractivity contribution < 1.29 is 38.1 Å². The lowest BCUT2D eigenvalue weighted by Gasteiger charge is -2.30. The van der Waals surface area contributed by atoms with Crippen LogP contribution < -0.4 is 0 Å². The molecule has 0 spiro atoms. The van der Waals surface area contributed by atoms with Gasteiger partial charge < -0.3 is 23.7 Å². The molecule has 3 heterocycles. The van der Waals surface area contributed by atoms with Crippen LogP contribution in [0.1, 0.15) is 138 Å². The Morgan fingerprint density at radius 3 is 2.17 bits per heavy atom. The molecule has 1 aromatic rings. The van der Waals surface area contributed by atoms with Crippen molar-refractivity contribution >= 4 is 17.9 Å². The molecule has 3 rings (SSSR count). The minimum Gasteiger partial charge on any atom is -0.465 e. The monoisotopic (exact) mass is 652 g/mol. The van der Waals surface area contributed by atoms with Gasteiger partial charge >= 0.3 is 17.9 Å². The van der Waals surface area contributed by atoms with Gasteiger partial charge in [0.15, 0.2) is 6.10 Å². The SMILES string of the molecule is C=C(C)[C@H]1Cc2oc(cc2C(=O)OC)[C@H](C(=C)C)[C@H]2C=C(C(=O)O2)[C@@H](OC(=O)CCCCCCCC=CCCCCCCCC)[C@@H]1O. The van der Waals surface area contributed by atoms with Crippen LogP contribution in [-0.4, -0.2) is 48.4 Å². The van der Waals surface area contributed by atoms with Crippen LogP contribution in [0.4, 0.5) is 0 Å². The lowest BCUT2D eigenvalue weighted by atomic mass is 9.84. The standard InChI is InChI=1S/C39H56O8/c1-7-8-9-10-11-12-13-14-15-16-17-18-19-20-21-22-34(40)47-37-30-25-33(46-39(30)43)35(27(4)5)32-24-29(38(42)44-6)31(45-32)23-28(26(2)3)36(37)41/h14-15,24-25,28,33,35-37,41H,2,4,7-13,16-23H2,1,3,5-6H3/t28-,33-,35+,36-,37-/m1/s1. The number of fused-ring (bicyclic) bond motifs is 3. The topological polar surface area (TPSA) is 112 Å². The van der Waals surface area contributed by atoms with Crippen LogP contribution in [0.3, 0.4) is 0 Å². The van der Waals surface area contributed by atoms with Gasteiger partial charge in [-0.25, -0.2) is 9.59 Å². The first kappa shape index (κ1) is 38.1. The lowest BCUT2D eigenvalue weighted by molar-refractivity contribution is -0.156. The van der Waals surface area contributed by atoms with Gasteiger partial charge in [-0.05, 0) is 58.1 Å². The van der Waals surface area contributed by atoms with Gasteiger partial charge in [0.25, 0.3) is 0 Å². The van der Waals surface area contributed by atoms with Crippen molar-refractivity contribution in [2.24, 2.45) is 5.92 Å². The molecule has 0 fully saturated rings. The maximum Gasteiger partial charge on any atom is 0.341 e. The minimum absolute atomic E-state index is 0.0819. The Labute approximate surface area is 281 Å². The molecule has 2 aliphatic heterocycles. The van der Waals surface area contributed by atoms with E-state index < -0.39 is 48.1 Å². The summed E-state index contributed by atoms with van der Waals surface area (Å²) < 4.78 is 22.7. The Bertz CT molecular complexity index is 1280. The van der Waals surface area contributed by atoms with Gasteiger partial charge in [-0.3, -0.25) is 4.79 Å². The van der Waals surface area contributed by atoms with Crippen molar-refractivity contribution in [3.63, 3.8) is 0 Å². The van der Waals surface area contributed by atoms with Gasteiger partial charge in [-0.1, -0.05) is 94.7 Å². The zero-order valence-electron chi connectivity index (χ0n) is 29.0. The molecule has 47 heavy (non-hydrogen) atoms. The molecule has 0 unspecified atom stereocenters. The van der Waals surface area contributed by atoms with E-state index in [9.17, 15) is 19.5 Å². The van der Waals surface area contributed by atoms with E-state index in [0.717, 1.165) is 32.1 Å². The van der Waals surface area contributed by atoms with Crippen molar-refractivity contribution in [3.8, 4) is 0 Å². The Hall–Kier alpha value is -3.39. The molecular weight excluding hydrogens is 596 g/mol. The van der Waals surface area contributed by atoms with Gasteiger partial charge in [0, 0.05) is 18.8 Å². The summed E-state index contributed by atoms with van der Waals surface area (Å²) in [5.41, 5.74) is 1.51. The summed E-state index contributed by atoms with van der Waals surface area (Å²) in [6, 6.07) is 1.58. The molecule has 1 aromatic heterocycles. The van der Waals surface area contributed by atoms with E-state index in [1.807, 2.05) is 0 Å². The Balaban J connectivity index is 1.59. The Morgan fingerprint density at radius 1 is 0.957 bits per heavy atom. The van der Waals surface area contributed by atoms with Crippen LogP contribution >= 0.6 is 0 Å². The van der Waals surface area contributed by atoms with Crippen molar-refractivity contribution in [3.05, 3.63) is 71.3 Å². The van der Waals surface area contributed by atoms with Gasteiger partial charge in [0.05, 0.1) is 18.6 Å². The number of ether oxygens (including phenoxy) is 3. The maximum absolute atomic E-state index is 13.2.